The molecular weight excluding hydrogens is 228 g/mol. The van der Waals surface area contributed by atoms with Crippen LogP contribution in [0.5, 0.6) is 0 Å². The highest BCUT2D eigenvalue weighted by atomic mass is 16.3. The van der Waals surface area contributed by atoms with Crippen molar-refractivity contribution in [1.82, 2.24) is 10.2 Å². The van der Waals surface area contributed by atoms with Crippen molar-refractivity contribution >= 4 is 5.91 Å². The molecule has 1 aromatic rings. The molecule has 0 aliphatic carbocycles. The van der Waals surface area contributed by atoms with Crippen LogP contribution in [0.15, 0.2) is 22.8 Å². The Kier molecular flexibility index (Phi) is 4.42. The van der Waals surface area contributed by atoms with E-state index in [1.54, 1.807) is 6.26 Å². The zero-order chi connectivity index (χ0) is 13.0. The van der Waals surface area contributed by atoms with Gasteiger partial charge in [-0.2, -0.15) is 0 Å². The number of hydrogen-bond acceptors (Lipinski definition) is 3. The molecule has 4 nitrogen and oxygen atoms in total. The number of nitrogens with one attached hydrogen (secondary N) is 1. The maximum atomic E-state index is 12.2. The Bertz CT molecular complexity index is 369. The number of carbonyl (C=O) groups is 1. The molecular formula is C14H22N2O2. The third-order valence-corrected chi connectivity index (χ3v) is 3.53. The summed E-state index contributed by atoms with van der Waals surface area (Å²) in [6.07, 6.45) is 4.85. The average molecular weight is 250 g/mol. The van der Waals surface area contributed by atoms with E-state index in [1.807, 2.05) is 24.0 Å². The zero-order valence-electron chi connectivity index (χ0n) is 11.2. The molecule has 1 aromatic heterocycles. The van der Waals surface area contributed by atoms with Crippen molar-refractivity contribution in [3.63, 3.8) is 0 Å². The molecule has 1 N–H and O–H groups in total. The van der Waals surface area contributed by atoms with E-state index in [9.17, 15) is 4.79 Å². The first-order chi connectivity index (χ1) is 8.72. The fraction of sp³-hybridized carbons (Fsp3) is 0.643. The maximum Gasteiger partial charge on any atom is 0.239 e. The smallest absolute Gasteiger partial charge is 0.239 e. The van der Waals surface area contributed by atoms with Crippen LogP contribution in [0.2, 0.25) is 0 Å². The highest BCUT2D eigenvalue weighted by molar-refractivity contribution is 5.81. The third-order valence-electron chi connectivity index (χ3n) is 3.53. The number of carbonyl (C=O) groups excluding carboxylic acids is 1. The van der Waals surface area contributed by atoms with Crippen LogP contribution in [0.3, 0.4) is 0 Å². The van der Waals surface area contributed by atoms with Gasteiger partial charge in [-0.25, -0.2) is 0 Å². The van der Waals surface area contributed by atoms with Gasteiger partial charge in [-0.05, 0) is 38.3 Å². The Morgan fingerprint density at radius 2 is 2.22 bits per heavy atom. The van der Waals surface area contributed by atoms with Gasteiger partial charge in [0.1, 0.15) is 5.76 Å². The summed E-state index contributed by atoms with van der Waals surface area (Å²) in [4.78, 5) is 14.2. The summed E-state index contributed by atoms with van der Waals surface area (Å²) in [5, 5.41) is 3.36. The Labute approximate surface area is 108 Å². The van der Waals surface area contributed by atoms with E-state index in [0.29, 0.717) is 0 Å². The third kappa shape index (κ3) is 2.93. The van der Waals surface area contributed by atoms with Crippen LogP contribution in [0.1, 0.15) is 44.9 Å². The molecule has 0 saturated carbocycles. The minimum Gasteiger partial charge on any atom is -0.468 e. The van der Waals surface area contributed by atoms with E-state index in [-0.39, 0.29) is 18.0 Å². The zero-order valence-corrected chi connectivity index (χ0v) is 11.2. The van der Waals surface area contributed by atoms with Gasteiger partial charge < -0.3 is 9.32 Å². The highest BCUT2D eigenvalue weighted by Crippen LogP contribution is 2.18. The molecule has 2 rings (SSSR count). The lowest BCUT2D eigenvalue weighted by atomic mass is 10.1. The molecule has 100 valence electrons. The largest absolute Gasteiger partial charge is 0.468 e. The number of hydrogen-bond donors (Lipinski definition) is 1. The van der Waals surface area contributed by atoms with Crippen LogP contribution in [-0.4, -0.2) is 29.9 Å². The molecule has 1 fully saturated rings. The minimum atomic E-state index is -0.154. The Hall–Kier alpha value is -1.29. The summed E-state index contributed by atoms with van der Waals surface area (Å²) in [6, 6.07) is 3.79. The van der Waals surface area contributed by atoms with Crippen molar-refractivity contribution in [2.24, 2.45) is 0 Å². The van der Waals surface area contributed by atoms with Crippen LogP contribution in [-0.2, 0) is 4.79 Å². The molecule has 0 radical (unpaired) electrons. The number of furan rings is 1. The Balaban J connectivity index is 1.92. The molecule has 0 aromatic carbocycles. The first-order valence-corrected chi connectivity index (χ1v) is 6.80. The van der Waals surface area contributed by atoms with Crippen LogP contribution in [0.4, 0.5) is 0 Å². The van der Waals surface area contributed by atoms with Gasteiger partial charge in [-0.15, -0.1) is 0 Å². The molecule has 1 aliphatic rings. The number of nitrogens with zero attached hydrogens (tertiary/aromatic N) is 1. The molecule has 4 heteroatoms. The minimum absolute atomic E-state index is 0.113. The van der Waals surface area contributed by atoms with Crippen LogP contribution in [0, 0.1) is 0 Å². The SMILES string of the molecule is CCC(NC(C)C(=O)N1CCCC1)c1ccco1. The highest BCUT2D eigenvalue weighted by Gasteiger charge is 2.25. The van der Waals surface area contributed by atoms with E-state index < -0.39 is 0 Å². The lowest BCUT2D eigenvalue weighted by molar-refractivity contribution is -0.132. The van der Waals surface area contributed by atoms with Crippen LogP contribution in [0.25, 0.3) is 0 Å². The first-order valence-electron chi connectivity index (χ1n) is 6.80. The monoisotopic (exact) mass is 250 g/mol. The molecule has 1 saturated heterocycles. The summed E-state index contributed by atoms with van der Waals surface area (Å²) in [5.41, 5.74) is 0. The lowest BCUT2D eigenvalue weighted by Gasteiger charge is -2.24. The van der Waals surface area contributed by atoms with Gasteiger partial charge in [0.25, 0.3) is 0 Å². The van der Waals surface area contributed by atoms with Crippen molar-refractivity contribution in [3.05, 3.63) is 24.2 Å². The quantitative estimate of drug-likeness (QED) is 0.872. The predicted octanol–water partition coefficient (Wildman–Crippen LogP) is 2.33. The van der Waals surface area contributed by atoms with E-state index >= 15 is 0 Å². The first kappa shape index (κ1) is 13.1. The summed E-state index contributed by atoms with van der Waals surface area (Å²) in [5.74, 6) is 1.11. The Morgan fingerprint density at radius 3 is 2.78 bits per heavy atom. The Morgan fingerprint density at radius 1 is 1.50 bits per heavy atom. The van der Waals surface area contributed by atoms with Gasteiger partial charge in [0, 0.05) is 13.1 Å². The average Bonchev–Trinajstić information content (AvgIpc) is 3.06. The molecule has 2 atom stereocenters. The molecule has 2 heterocycles. The second-order valence-corrected chi connectivity index (χ2v) is 4.90. The van der Waals surface area contributed by atoms with E-state index in [1.165, 1.54) is 0 Å². The second kappa shape index (κ2) is 6.05. The van der Waals surface area contributed by atoms with Gasteiger partial charge in [-0.1, -0.05) is 6.92 Å². The van der Waals surface area contributed by atoms with Crippen LogP contribution >= 0.6 is 0 Å². The maximum absolute atomic E-state index is 12.2. The van der Waals surface area contributed by atoms with Crippen molar-refractivity contribution in [1.29, 1.82) is 0 Å². The standard InChI is InChI=1S/C14H22N2O2/c1-3-12(13-7-6-10-18-13)15-11(2)14(17)16-8-4-5-9-16/h6-7,10-12,15H,3-5,8-9H2,1-2H3. The fourth-order valence-corrected chi connectivity index (χ4v) is 2.48. The molecule has 0 bridgehead atoms. The topological polar surface area (TPSA) is 45.5 Å². The molecule has 18 heavy (non-hydrogen) atoms. The summed E-state index contributed by atoms with van der Waals surface area (Å²) < 4.78 is 5.41. The van der Waals surface area contributed by atoms with E-state index in [0.717, 1.165) is 38.1 Å². The lowest BCUT2D eigenvalue weighted by Crippen LogP contribution is -2.44. The van der Waals surface area contributed by atoms with Gasteiger partial charge in [0.05, 0.1) is 18.3 Å². The predicted molar refractivity (Wildman–Crippen MR) is 70.2 cm³/mol. The van der Waals surface area contributed by atoms with E-state index in [4.69, 9.17) is 4.42 Å². The van der Waals surface area contributed by atoms with Gasteiger partial charge in [-0.3, -0.25) is 10.1 Å². The van der Waals surface area contributed by atoms with Crippen molar-refractivity contribution in [2.75, 3.05) is 13.1 Å². The summed E-state index contributed by atoms with van der Waals surface area (Å²) in [6.45, 7) is 5.84. The number of amides is 1. The fourth-order valence-electron chi connectivity index (χ4n) is 2.48. The summed E-state index contributed by atoms with van der Waals surface area (Å²) in [7, 11) is 0. The van der Waals surface area contributed by atoms with Crippen LogP contribution < -0.4 is 5.32 Å². The van der Waals surface area contributed by atoms with Gasteiger partial charge in [0.15, 0.2) is 0 Å². The van der Waals surface area contributed by atoms with Gasteiger partial charge >= 0.3 is 0 Å². The van der Waals surface area contributed by atoms with Crippen molar-refractivity contribution in [3.8, 4) is 0 Å². The molecule has 1 aliphatic heterocycles. The number of rotatable bonds is 5. The van der Waals surface area contributed by atoms with Crippen molar-refractivity contribution in [2.45, 2.75) is 45.2 Å². The van der Waals surface area contributed by atoms with Gasteiger partial charge in [0.2, 0.25) is 5.91 Å². The normalized spacial score (nSPS) is 18.9. The van der Waals surface area contributed by atoms with Crippen molar-refractivity contribution < 1.29 is 9.21 Å². The molecule has 2 unspecified atom stereocenters. The summed E-state index contributed by atoms with van der Waals surface area (Å²) >= 11 is 0. The molecule has 0 spiro atoms. The van der Waals surface area contributed by atoms with E-state index in [2.05, 4.69) is 12.2 Å². The second-order valence-electron chi connectivity index (χ2n) is 4.90. The molecule has 1 amide bonds. The number of likely N-dealkylation sites (tertiary alicyclic amines) is 1.